The van der Waals surface area contributed by atoms with Crippen LogP contribution in [0, 0.1) is 0 Å². The average Bonchev–Trinajstić information content (AvgIpc) is 3.16. The largest absolute Gasteiger partial charge is 0.459 e. The molecule has 0 saturated carbocycles. The van der Waals surface area contributed by atoms with Gasteiger partial charge in [-0.05, 0) is 30.4 Å². The average molecular weight is 337 g/mol. The maximum atomic E-state index is 12.5. The number of amides is 1. The van der Waals surface area contributed by atoms with Crippen LogP contribution in [0.3, 0.4) is 0 Å². The normalized spacial score (nSPS) is 16.6. The number of hydrogen-bond donors (Lipinski definition) is 0. The molecular formula is C21H23NO3. The van der Waals surface area contributed by atoms with Crippen molar-refractivity contribution in [2.45, 2.75) is 38.3 Å². The molecule has 1 heterocycles. The fourth-order valence-electron chi connectivity index (χ4n) is 3.17. The number of carbonyl (C=O) groups is 2. The zero-order valence-corrected chi connectivity index (χ0v) is 14.3. The number of benzene rings is 2. The maximum absolute atomic E-state index is 12.5. The van der Waals surface area contributed by atoms with Crippen molar-refractivity contribution in [2.75, 3.05) is 6.54 Å². The van der Waals surface area contributed by atoms with Gasteiger partial charge in [0, 0.05) is 13.0 Å². The van der Waals surface area contributed by atoms with Gasteiger partial charge in [-0.15, -0.1) is 0 Å². The Morgan fingerprint density at radius 3 is 2.28 bits per heavy atom. The first kappa shape index (κ1) is 17.2. The summed E-state index contributed by atoms with van der Waals surface area (Å²) in [4.78, 5) is 26.6. The molecule has 1 atom stereocenters. The molecule has 0 bridgehead atoms. The molecule has 0 aromatic heterocycles. The number of likely N-dealkylation sites (tertiary alicyclic amines) is 1. The Hall–Kier alpha value is -2.62. The van der Waals surface area contributed by atoms with Crippen LogP contribution in [0.4, 0.5) is 0 Å². The van der Waals surface area contributed by atoms with Gasteiger partial charge in [0.15, 0.2) is 0 Å². The van der Waals surface area contributed by atoms with Crippen LogP contribution in [0.2, 0.25) is 0 Å². The zero-order valence-electron chi connectivity index (χ0n) is 14.3. The Kier molecular flexibility index (Phi) is 5.83. The molecule has 25 heavy (non-hydrogen) atoms. The first-order valence-electron chi connectivity index (χ1n) is 8.78. The van der Waals surface area contributed by atoms with Crippen LogP contribution in [0.1, 0.15) is 30.4 Å². The van der Waals surface area contributed by atoms with Gasteiger partial charge in [0.05, 0.1) is 0 Å². The van der Waals surface area contributed by atoms with Gasteiger partial charge >= 0.3 is 5.97 Å². The van der Waals surface area contributed by atoms with E-state index in [1.807, 2.05) is 60.7 Å². The summed E-state index contributed by atoms with van der Waals surface area (Å²) in [6.07, 6.45) is 2.65. The lowest BCUT2D eigenvalue weighted by Gasteiger charge is -2.23. The SMILES string of the molecule is O=C(OCc1ccccc1)[C@@H]1CCCN1C(=O)CCc1ccccc1. The first-order chi connectivity index (χ1) is 12.2. The minimum Gasteiger partial charge on any atom is -0.459 e. The number of esters is 1. The van der Waals surface area contributed by atoms with E-state index in [1.54, 1.807) is 4.90 Å². The molecule has 3 rings (SSSR count). The molecule has 1 aliphatic heterocycles. The minimum atomic E-state index is -0.438. The highest BCUT2D eigenvalue weighted by atomic mass is 16.5. The lowest BCUT2D eigenvalue weighted by Crippen LogP contribution is -2.41. The molecule has 0 radical (unpaired) electrons. The van der Waals surface area contributed by atoms with Crippen molar-refractivity contribution in [2.24, 2.45) is 0 Å². The first-order valence-corrected chi connectivity index (χ1v) is 8.78. The smallest absolute Gasteiger partial charge is 0.329 e. The van der Waals surface area contributed by atoms with Crippen LogP contribution in [-0.4, -0.2) is 29.4 Å². The Balaban J connectivity index is 1.52. The molecule has 2 aromatic rings. The van der Waals surface area contributed by atoms with Gasteiger partial charge in [0.25, 0.3) is 0 Å². The van der Waals surface area contributed by atoms with Crippen molar-refractivity contribution < 1.29 is 14.3 Å². The lowest BCUT2D eigenvalue weighted by molar-refractivity contribution is -0.154. The topological polar surface area (TPSA) is 46.6 Å². The van der Waals surface area contributed by atoms with Crippen LogP contribution in [0.25, 0.3) is 0 Å². The predicted molar refractivity (Wildman–Crippen MR) is 95.7 cm³/mol. The number of aryl methyl sites for hydroxylation is 1. The Morgan fingerprint density at radius 1 is 0.960 bits per heavy atom. The molecule has 130 valence electrons. The third-order valence-electron chi connectivity index (χ3n) is 4.54. The van der Waals surface area contributed by atoms with Crippen LogP contribution < -0.4 is 0 Å². The van der Waals surface area contributed by atoms with E-state index in [0.717, 1.165) is 17.5 Å². The molecule has 4 nitrogen and oxygen atoms in total. The van der Waals surface area contributed by atoms with Crippen molar-refractivity contribution in [1.82, 2.24) is 4.90 Å². The fourth-order valence-corrected chi connectivity index (χ4v) is 3.17. The summed E-state index contributed by atoms with van der Waals surface area (Å²) in [5, 5.41) is 0. The summed E-state index contributed by atoms with van der Waals surface area (Å²) in [5.74, 6) is -0.266. The van der Waals surface area contributed by atoms with Crippen LogP contribution in [0.15, 0.2) is 60.7 Å². The Morgan fingerprint density at radius 2 is 1.60 bits per heavy atom. The predicted octanol–water partition coefficient (Wildman–Crippen LogP) is 3.35. The lowest BCUT2D eigenvalue weighted by atomic mass is 10.1. The molecular weight excluding hydrogens is 314 g/mol. The molecule has 0 N–H and O–H groups in total. The van der Waals surface area contributed by atoms with Crippen molar-refractivity contribution in [3.05, 3.63) is 71.8 Å². The maximum Gasteiger partial charge on any atom is 0.329 e. The van der Waals surface area contributed by atoms with Gasteiger partial charge in [-0.3, -0.25) is 4.79 Å². The monoisotopic (exact) mass is 337 g/mol. The zero-order chi connectivity index (χ0) is 17.5. The third kappa shape index (κ3) is 4.69. The summed E-state index contributed by atoms with van der Waals surface area (Å²) in [6, 6.07) is 19.1. The number of ether oxygens (including phenoxy) is 1. The number of hydrogen-bond acceptors (Lipinski definition) is 3. The van der Waals surface area contributed by atoms with Gasteiger partial charge in [-0.25, -0.2) is 4.79 Å². The van der Waals surface area contributed by atoms with Gasteiger partial charge in [-0.1, -0.05) is 60.7 Å². The van der Waals surface area contributed by atoms with Gasteiger partial charge in [-0.2, -0.15) is 0 Å². The molecule has 4 heteroatoms. The van der Waals surface area contributed by atoms with Crippen molar-refractivity contribution in [1.29, 1.82) is 0 Å². The second-order valence-electron chi connectivity index (χ2n) is 6.32. The number of nitrogens with zero attached hydrogens (tertiary/aromatic N) is 1. The minimum absolute atomic E-state index is 0.0306. The molecule has 0 aliphatic carbocycles. The van der Waals surface area contributed by atoms with E-state index < -0.39 is 6.04 Å². The highest BCUT2D eigenvalue weighted by Crippen LogP contribution is 2.21. The summed E-state index contributed by atoms with van der Waals surface area (Å²) < 4.78 is 5.42. The molecule has 2 aromatic carbocycles. The third-order valence-corrected chi connectivity index (χ3v) is 4.54. The van der Waals surface area contributed by atoms with Crippen LogP contribution in [0.5, 0.6) is 0 Å². The van der Waals surface area contributed by atoms with E-state index in [4.69, 9.17) is 4.74 Å². The van der Waals surface area contributed by atoms with E-state index >= 15 is 0 Å². The van der Waals surface area contributed by atoms with E-state index in [1.165, 1.54) is 0 Å². The summed E-state index contributed by atoms with van der Waals surface area (Å²) in [5.41, 5.74) is 2.09. The molecule has 1 saturated heterocycles. The summed E-state index contributed by atoms with van der Waals surface area (Å²) >= 11 is 0. The second kappa shape index (κ2) is 8.47. The van der Waals surface area contributed by atoms with Crippen molar-refractivity contribution in [3.8, 4) is 0 Å². The van der Waals surface area contributed by atoms with Gasteiger partial charge in [0.2, 0.25) is 5.91 Å². The Labute approximate surface area is 148 Å². The summed E-state index contributed by atoms with van der Waals surface area (Å²) in [6.45, 7) is 0.890. The highest BCUT2D eigenvalue weighted by Gasteiger charge is 2.34. The van der Waals surface area contributed by atoms with Crippen LogP contribution in [-0.2, 0) is 27.4 Å². The second-order valence-corrected chi connectivity index (χ2v) is 6.32. The Bertz CT molecular complexity index is 638. The number of carbonyl (C=O) groups excluding carboxylic acids is 2. The molecule has 1 fully saturated rings. The molecule has 0 unspecified atom stereocenters. The number of rotatable bonds is 6. The van der Waals surface area contributed by atoms with E-state index in [0.29, 0.717) is 25.8 Å². The van der Waals surface area contributed by atoms with Crippen molar-refractivity contribution in [3.63, 3.8) is 0 Å². The molecule has 1 aliphatic rings. The molecule has 0 spiro atoms. The standard InChI is InChI=1S/C21H23NO3/c23-20(14-13-17-8-3-1-4-9-17)22-15-7-12-19(22)21(24)25-16-18-10-5-2-6-11-18/h1-6,8-11,19H,7,12-16H2/t19-/m0/s1. The van der Waals surface area contributed by atoms with Crippen molar-refractivity contribution >= 4 is 11.9 Å². The molecule has 1 amide bonds. The van der Waals surface area contributed by atoms with E-state index in [9.17, 15) is 9.59 Å². The van der Waals surface area contributed by atoms with Gasteiger partial charge < -0.3 is 9.64 Å². The van der Waals surface area contributed by atoms with E-state index in [2.05, 4.69) is 0 Å². The van der Waals surface area contributed by atoms with Crippen LogP contribution >= 0.6 is 0 Å². The summed E-state index contributed by atoms with van der Waals surface area (Å²) in [7, 11) is 0. The quantitative estimate of drug-likeness (QED) is 0.760. The van der Waals surface area contributed by atoms with E-state index in [-0.39, 0.29) is 18.5 Å². The fraction of sp³-hybridized carbons (Fsp3) is 0.333. The van der Waals surface area contributed by atoms with Gasteiger partial charge in [0.1, 0.15) is 12.6 Å². The highest BCUT2D eigenvalue weighted by molar-refractivity contribution is 5.85.